The van der Waals surface area contributed by atoms with Gasteiger partial charge in [0.05, 0.1) is 6.61 Å². The largest absolute Gasteiger partial charge is 0.472 e. The van der Waals surface area contributed by atoms with Crippen LogP contribution in [0.1, 0.15) is 162 Å². The molecule has 2 unspecified atom stereocenters. The Morgan fingerprint density at radius 3 is 1.57 bits per heavy atom. The van der Waals surface area contributed by atoms with Gasteiger partial charge in [0, 0.05) is 20.0 Å². The fraction of sp³-hybridized carbons (Fsp3) is 0.829. The summed E-state index contributed by atoms with van der Waals surface area (Å²) in [4.78, 5) is 34.2. The van der Waals surface area contributed by atoms with Gasteiger partial charge in [-0.05, 0) is 57.8 Å². The first kappa shape index (κ1) is 42.5. The van der Waals surface area contributed by atoms with Crippen LogP contribution in [0.2, 0.25) is 0 Å². The smallest absolute Gasteiger partial charge is 0.462 e. The third kappa shape index (κ3) is 30.6. The van der Waals surface area contributed by atoms with Crippen LogP contribution < -0.4 is 0 Å². The number of hydrogen-bond acceptors (Lipinski definition) is 7. The van der Waals surface area contributed by atoms with E-state index in [4.69, 9.17) is 14.0 Å². The Bertz CT molecular complexity index is 783. The van der Waals surface area contributed by atoms with E-state index in [0.717, 1.165) is 84.2 Å². The highest BCUT2D eigenvalue weighted by molar-refractivity contribution is 7.47. The van der Waals surface area contributed by atoms with E-state index in [1.54, 1.807) is 0 Å². The van der Waals surface area contributed by atoms with Crippen molar-refractivity contribution in [1.82, 2.24) is 0 Å². The summed E-state index contributed by atoms with van der Waals surface area (Å²) in [6.45, 7) is 3.78. The molecule has 0 aliphatic rings. The molecule has 0 amide bonds. The first-order valence-corrected chi connectivity index (χ1v) is 19.0. The van der Waals surface area contributed by atoms with Crippen LogP contribution in [0.15, 0.2) is 24.3 Å². The normalized spacial score (nSPS) is 13.8. The predicted octanol–water partition coefficient (Wildman–Crippen LogP) is 10.3. The van der Waals surface area contributed by atoms with Gasteiger partial charge in [-0.2, -0.15) is 0 Å². The predicted molar refractivity (Wildman–Crippen MR) is 179 cm³/mol. The molecular formula is C35H65O8P. The standard InChI is InChI=1S/C35H65O8P/c1-4-6-8-10-12-14-16-17-18-19-20-22-24-26-28-30-35(37)43-33(32-42-44(38,39)40-3)31-41-34(36)29-27-25-23-21-15-13-11-9-7-5-2/h9,11,17-18,33H,4-8,10,12-16,19-32H2,1-3H3,(H,38,39)/b11-9-,18-17-. The number of carbonyl (C=O) groups is 2. The molecule has 0 spiro atoms. The molecular weight excluding hydrogens is 579 g/mol. The summed E-state index contributed by atoms with van der Waals surface area (Å²) >= 11 is 0. The van der Waals surface area contributed by atoms with Gasteiger partial charge in [0.15, 0.2) is 6.10 Å². The highest BCUT2D eigenvalue weighted by atomic mass is 31.2. The molecule has 44 heavy (non-hydrogen) atoms. The average molecular weight is 645 g/mol. The minimum absolute atomic E-state index is 0.231. The van der Waals surface area contributed by atoms with Crippen molar-refractivity contribution < 1.29 is 37.6 Å². The number of rotatable bonds is 32. The minimum atomic E-state index is -4.25. The van der Waals surface area contributed by atoms with Crippen molar-refractivity contribution in [2.45, 2.75) is 168 Å². The van der Waals surface area contributed by atoms with Gasteiger partial charge in [-0.25, -0.2) is 4.57 Å². The summed E-state index contributed by atoms with van der Waals surface area (Å²) in [6, 6.07) is 0. The quantitative estimate of drug-likeness (QED) is 0.0333. The van der Waals surface area contributed by atoms with Gasteiger partial charge in [-0.15, -0.1) is 0 Å². The highest BCUT2D eigenvalue weighted by Crippen LogP contribution is 2.42. The van der Waals surface area contributed by atoms with E-state index in [0.29, 0.717) is 6.42 Å². The topological polar surface area (TPSA) is 108 Å². The zero-order valence-corrected chi connectivity index (χ0v) is 29.2. The molecule has 0 saturated heterocycles. The van der Waals surface area contributed by atoms with E-state index < -0.39 is 26.5 Å². The van der Waals surface area contributed by atoms with Crippen LogP contribution in [0.3, 0.4) is 0 Å². The van der Waals surface area contributed by atoms with Gasteiger partial charge in [0.2, 0.25) is 0 Å². The lowest BCUT2D eigenvalue weighted by Gasteiger charge is -2.19. The Balaban J connectivity index is 4.11. The molecule has 0 aromatic rings. The van der Waals surface area contributed by atoms with Gasteiger partial charge < -0.3 is 14.4 Å². The maximum Gasteiger partial charge on any atom is 0.472 e. The summed E-state index contributed by atoms with van der Waals surface area (Å²) in [5, 5.41) is 0. The summed E-state index contributed by atoms with van der Waals surface area (Å²) in [5.41, 5.74) is 0. The molecule has 0 fully saturated rings. The SMILES string of the molecule is CCC/C=C\CCCCCCCC(=O)OCC(COP(=O)(O)OC)OC(=O)CCCCCCC/C=C\CCCCCCCC. The zero-order chi connectivity index (χ0) is 32.6. The molecule has 0 aromatic carbocycles. The van der Waals surface area contributed by atoms with Crippen molar-refractivity contribution in [3.63, 3.8) is 0 Å². The average Bonchev–Trinajstić information content (AvgIpc) is 3.01. The Labute approximate surface area is 269 Å². The Morgan fingerprint density at radius 1 is 0.614 bits per heavy atom. The van der Waals surface area contributed by atoms with Crippen molar-refractivity contribution in [3.05, 3.63) is 24.3 Å². The fourth-order valence-corrected chi connectivity index (χ4v) is 5.11. The summed E-state index contributed by atoms with van der Waals surface area (Å²) in [5.74, 6) is -0.827. The number of phosphoric ester groups is 1. The van der Waals surface area contributed by atoms with Crippen LogP contribution in [0.25, 0.3) is 0 Å². The minimum Gasteiger partial charge on any atom is -0.462 e. The third-order valence-electron chi connectivity index (χ3n) is 7.40. The van der Waals surface area contributed by atoms with Gasteiger partial charge in [-0.1, -0.05) is 115 Å². The van der Waals surface area contributed by atoms with Gasteiger partial charge in [0.1, 0.15) is 6.61 Å². The van der Waals surface area contributed by atoms with Crippen molar-refractivity contribution in [2.75, 3.05) is 20.3 Å². The van der Waals surface area contributed by atoms with Crippen LogP contribution in [-0.4, -0.2) is 43.3 Å². The van der Waals surface area contributed by atoms with Gasteiger partial charge in [-0.3, -0.25) is 18.6 Å². The van der Waals surface area contributed by atoms with E-state index in [1.165, 1.54) is 51.4 Å². The molecule has 0 heterocycles. The molecule has 9 heteroatoms. The number of allylic oxidation sites excluding steroid dienone is 4. The van der Waals surface area contributed by atoms with Crippen molar-refractivity contribution >= 4 is 19.8 Å². The van der Waals surface area contributed by atoms with E-state index in [1.807, 2.05) is 0 Å². The van der Waals surface area contributed by atoms with E-state index >= 15 is 0 Å². The lowest BCUT2D eigenvalue weighted by Crippen LogP contribution is -2.29. The highest BCUT2D eigenvalue weighted by Gasteiger charge is 2.24. The molecule has 2 atom stereocenters. The van der Waals surface area contributed by atoms with Gasteiger partial charge >= 0.3 is 19.8 Å². The molecule has 0 radical (unpaired) electrons. The summed E-state index contributed by atoms with van der Waals surface area (Å²) in [6.07, 6.45) is 32.3. The molecule has 258 valence electrons. The summed E-state index contributed by atoms with van der Waals surface area (Å²) < 4.78 is 31.7. The van der Waals surface area contributed by atoms with E-state index in [9.17, 15) is 19.0 Å². The van der Waals surface area contributed by atoms with Crippen LogP contribution in [-0.2, 0) is 32.7 Å². The number of hydrogen-bond donors (Lipinski definition) is 1. The summed E-state index contributed by atoms with van der Waals surface area (Å²) in [7, 11) is -3.20. The zero-order valence-electron chi connectivity index (χ0n) is 28.3. The van der Waals surface area contributed by atoms with Crippen molar-refractivity contribution in [2.24, 2.45) is 0 Å². The second-order valence-electron chi connectivity index (χ2n) is 11.6. The third-order valence-corrected chi connectivity index (χ3v) is 8.34. The molecule has 0 rings (SSSR count). The molecule has 0 saturated carbocycles. The second kappa shape index (κ2) is 31.5. The van der Waals surface area contributed by atoms with E-state index in [-0.39, 0.29) is 25.4 Å². The van der Waals surface area contributed by atoms with Crippen LogP contribution in [0.5, 0.6) is 0 Å². The number of esters is 2. The Morgan fingerprint density at radius 2 is 1.07 bits per heavy atom. The first-order valence-electron chi connectivity index (χ1n) is 17.5. The maximum atomic E-state index is 12.4. The van der Waals surface area contributed by atoms with Crippen LogP contribution in [0.4, 0.5) is 0 Å². The monoisotopic (exact) mass is 644 g/mol. The lowest BCUT2D eigenvalue weighted by molar-refractivity contribution is -0.161. The molecule has 0 bridgehead atoms. The molecule has 8 nitrogen and oxygen atoms in total. The van der Waals surface area contributed by atoms with E-state index in [2.05, 4.69) is 42.7 Å². The number of ether oxygens (including phenoxy) is 2. The first-order chi connectivity index (χ1) is 21.3. The maximum absolute atomic E-state index is 12.4. The molecule has 0 aliphatic carbocycles. The second-order valence-corrected chi connectivity index (χ2v) is 13.2. The number of carbonyl (C=O) groups excluding carboxylic acids is 2. The number of phosphoric acid groups is 1. The molecule has 0 aromatic heterocycles. The van der Waals surface area contributed by atoms with Gasteiger partial charge in [0.25, 0.3) is 0 Å². The Hall–Kier alpha value is -1.47. The molecule has 1 N–H and O–H groups in total. The Kier molecular flexibility index (Phi) is 30.5. The van der Waals surface area contributed by atoms with Crippen molar-refractivity contribution in [3.8, 4) is 0 Å². The number of unbranched alkanes of at least 4 members (excludes halogenated alkanes) is 17. The lowest BCUT2D eigenvalue weighted by atomic mass is 10.1. The fourth-order valence-electron chi connectivity index (χ4n) is 4.65. The van der Waals surface area contributed by atoms with Crippen molar-refractivity contribution in [1.29, 1.82) is 0 Å². The molecule has 0 aliphatic heterocycles. The van der Waals surface area contributed by atoms with Crippen LogP contribution >= 0.6 is 7.82 Å². The van der Waals surface area contributed by atoms with Crippen LogP contribution in [0, 0.1) is 0 Å².